The van der Waals surface area contributed by atoms with Crippen LogP contribution in [0, 0.1) is 6.92 Å². The molecule has 1 aliphatic rings. The first-order chi connectivity index (χ1) is 36.9. The van der Waals surface area contributed by atoms with Crippen LogP contribution in [0.3, 0.4) is 0 Å². The molecule has 0 N–H and O–H groups in total. The second-order valence-electron chi connectivity index (χ2n) is 17.9. The van der Waals surface area contributed by atoms with Crippen molar-refractivity contribution in [3.63, 3.8) is 0 Å². The summed E-state index contributed by atoms with van der Waals surface area (Å²) in [6.45, 7) is -3.03. The lowest BCUT2D eigenvalue weighted by Crippen LogP contribution is -2.25. The smallest absolute Gasteiger partial charge is 0.137 e. The molecule has 0 radical (unpaired) electrons. The van der Waals surface area contributed by atoms with Gasteiger partial charge in [-0.25, -0.2) is 4.98 Å². The summed E-state index contributed by atoms with van der Waals surface area (Å²) in [5, 5.41) is 3.91. The Morgan fingerprint density at radius 3 is 1.84 bits per heavy atom. The first-order valence-corrected chi connectivity index (χ1v) is 23.3. The van der Waals surface area contributed by atoms with Gasteiger partial charge in [-0.15, -0.1) is 0 Å². The molecule has 5 aromatic heterocycles. The lowest BCUT2D eigenvalue weighted by Gasteiger charge is -2.26. The van der Waals surface area contributed by atoms with Gasteiger partial charge in [-0.2, -0.15) is 0 Å². The number of benzene rings is 8. The third-order valence-electron chi connectivity index (χ3n) is 14.0. The molecule has 334 valence electrons. The van der Waals surface area contributed by atoms with Crippen LogP contribution in [0.25, 0.3) is 93.6 Å². The summed E-state index contributed by atoms with van der Waals surface area (Å²) in [7, 11) is 0. The molecule has 70 heavy (non-hydrogen) atoms. The predicted octanol–water partition coefficient (Wildman–Crippen LogP) is 15.5. The minimum Gasteiger partial charge on any atom is -0.457 e. The number of fused-ring (bicyclic) bond motifs is 10. The van der Waals surface area contributed by atoms with E-state index in [4.69, 9.17) is 14.7 Å². The van der Waals surface area contributed by atoms with Crippen molar-refractivity contribution in [1.82, 2.24) is 23.7 Å². The van der Waals surface area contributed by atoms with Crippen molar-refractivity contribution in [3.05, 3.63) is 212 Å². The average molecular weight is 910 g/mol. The van der Waals surface area contributed by atoms with E-state index in [0.717, 1.165) is 94.2 Å². The number of rotatable bonds is 7. The van der Waals surface area contributed by atoms with Crippen LogP contribution in [0.5, 0.6) is 11.5 Å². The number of para-hydroxylation sites is 4. The average Bonchev–Trinajstić information content (AvgIpc) is 4.28. The molecule has 0 amide bonds. The predicted molar refractivity (Wildman–Crippen MR) is 288 cm³/mol. The van der Waals surface area contributed by atoms with Crippen LogP contribution in [0.4, 0.5) is 22.7 Å². The van der Waals surface area contributed by atoms with E-state index >= 15 is 0 Å². The van der Waals surface area contributed by atoms with Gasteiger partial charge in [0.2, 0.25) is 0 Å². The zero-order valence-electron chi connectivity index (χ0n) is 43.9. The number of aryl methyl sites for hydroxylation is 3. The Bertz CT molecular complexity index is 4370. The molecule has 0 saturated carbocycles. The fourth-order valence-electron chi connectivity index (χ4n) is 11.0. The van der Waals surface area contributed by atoms with Crippen molar-refractivity contribution >= 4 is 88.3 Å². The molecule has 0 saturated heterocycles. The largest absolute Gasteiger partial charge is 0.457 e. The Morgan fingerprint density at radius 2 is 1.14 bits per heavy atom. The summed E-state index contributed by atoms with van der Waals surface area (Å²) < 4.78 is 67.1. The van der Waals surface area contributed by atoms with E-state index < -0.39 is 14.0 Å². The van der Waals surface area contributed by atoms with Gasteiger partial charge in [0, 0.05) is 101 Å². The van der Waals surface area contributed by atoms with E-state index in [-0.39, 0.29) is 6.67 Å². The molecule has 0 bridgehead atoms. The maximum absolute atomic E-state index is 9.23. The van der Waals surface area contributed by atoms with Crippen molar-refractivity contribution in [2.75, 3.05) is 16.5 Å². The van der Waals surface area contributed by atoms with Crippen molar-refractivity contribution < 1.29 is 13.0 Å². The molecule has 14 rings (SSSR count). The molecule has 0 atom stereocenters. The molecule has 6 heterocycles. The quantitative estimate of drug-likeness (QED) is 0.159. The van der Waals surface area contributed by atoms with E-state index in [0.29, 0.717) is 39.3 Å². The minimum atomic E-state index is -2.67. The van der Waals surface area contributed by atoms with Crippen molar-refractivity contribution in [2.24, 2.45) is 14.0 Å². The number of hydrogen-bond acceptors (Lipinski definition) is 5. The summed E-state index contributed by atoms with van der Waals surface area (Å²) >= 11 is 0. The molecule has 8 heteroatoms. The number of anilines is 4. The van der Waals surface area contributed by atoms with E-state index in [1.54, 1.807) is 0 Å². The molecular formula is C62H45N7O. The van der Waals surface area contributed by atoms with E-state index in [1.807, 2.05) is 182 Å². The lowest BCUT2D eigenvalue weighted by atomic mass is 9.93. The lowest BCUT2D eigenvalue weighted by molar-refractivity contribution is 0.483. The second-order valence-corrected chi connectivity index (χ2v) is 17.9. The van der Waals surface area contributed by atoms with Gasteiger partial charge in [-0.3, -0.25) is 9.55 Å². The van der Waals surface area contributed by atoms with Crippen LogP contribution in [-0.4, -0.2) is 30.3 Å². The van der Waals surface area contributed by atoms with Crippen LogP contribution >= 0.6 is 0 Å². The number of pyridine rings is 2. The SMILES string of the molecule is [2H]C([2H])([2H])n1c2ccccc2c2c(-c3ccccc3)c3c4ccccc4n(C([2H])([2H])[2H])c3c(N3CN(c4cccc(Oc5ccc6c7ncccc7n(-c7cc(C)c(-c8ccccc8)cn7)c6c5)c4)c4ccccc43)c21. The molecule has 0 fully saturated rings. The van der Waals surface area contributed by atoms with Gasteiger partial charge in [0.25, 0.3) is 0 Å². The third-order valence-corrected chi connectivity index (χ3v) is 14.0. The van der Waals surface area contributed by atoms with Gasteiger partial charge < -0.3 is 23.7 Å². The Hall–Kier alpha value is -9.14. The zero-order chi connectivity index (χ0) is 51.6. The third kappa shape index (κ3) is 5.89. The fraction of sp³-hybridized carbons (Fsp3) is 0.0645. The van der Waals surface area contributed by atoms with Crippen LogP contribution in [0.1, 0.15) is 13.8 Å². The standard InChI is InChI=1S/C62H45N7O/c1-39-34-55(64-37-48(39)40-18-6-4-7-19-40)69-53-30-17-33-63-59(53)47-32-31-44(36-54(47)69)70-43-23-16-22-42(35-43)67-38-68(52-29-15-14-28-51(52)67)62-60-57(45-24-10-12-26-49(45)65(60)2)56(41-20-8-5-9-21-41)58-46-25-11-13-27-50(46)66(3)61(58)62/h4-37H,38H2,1-3H3/i2D3,3D3. The van der Waals surface area contributed by atoms with Crippen molar-refractivity contribution in [1.29, 1.82) is 0 Å². The normalized spacial score (nSPS) is 14.3. The Kier molecular flexibility index (Phi) is 7.55. The summed E-state index contributed by atoms with van der Waals surface area (Å²) in [5.41, 5.74) is 12.3. The van der Waals surface area contributed by atoms with Gasteiger partial charge >= 0.3 is 0 Å². The molecular weight excluding hydrogens is 859 g/mol. The van der Waals surface area contributed by atoms with Crippen LogP contribution in [-0.2, 0) is 14.0 Å². The summed E-state index contributed by atoms with van der Waals surface area (Å²) in [4.78, 5) is 14.1. The summed E-state index contributed by atoms with van der Waals surface area (Å²) in [5.74, 6) is 1.98. The zero-order valence-corrected chi connectivity index (χ0v) is 37.9. The van der Waals surface area contributed by atoms with Crippen LogP contribution in [0.2, 0.25) is 0 Å². The Labute approximate surface area is 412 Å². The maximum atomic E-state index is 9.23. The van der Waals surface area contributed by atoms with Crippen LogP contribution in [0.15, 0.2) is 207 Å². The van der Waals surface area contributed by atoms with E-state index in [2.05, 4.69) is 45.6 Å². The van der Waals surface area contributed by atoms with Crippen molar-refractivity contribution in [3.8, 4) is 39.6 Å². The number of aromatic nitrogens is 5. The molecule has 1 aliphatic heterocycles. The van der Waals surface area contributed by atoms with Gasteiger partial charge in [-0.05, 0) is 90.3 Å². The maximum Gasteiger partial charge on any atom is 0.137 e. The highest BCUT2D eigenvalue weighted by molar-refractivity contribution is 6.33. The highest BCUT2D eigenvalue weighted by atomic mass is 16.5. The molecule has 0 aliphatic carbocycles. The van der Waals surface area contributed by atoms with Gasteiger partial charge in [0.1, 0.15) is 24.0 Å². The van der Waals surface area contributed by atoms with Gasteiger partial charge in [0.15, 0.2) is 0 Å². The molecule has 0 spiro atoms. The first-order valence-electron chi connectivity index (χ1n) is 26.3. The highest BCUT2D eigenvalue weighted by Crippen LogP contribution is 2.54. The van der Waals surface area contributed by atoms with Gasteiger partial charge in [0.05, 0.1) is 44.6 Å². The number of ether oxygens (including phenoxy) is 1. The molecule has 13 aromatic rings. The molecule has 8 nitrogen and oxygen atoms in total. The fourth-order valence-corrected chi connectivity index (χ4v) is 11.0. The van der Waals surface area contributed by atoms with Gasteiger partial charge in [-0.1, -0.05) is 115 Å². The Morgan fingerprint density at radius 1 is 0.514 bits per heavy atom. The molecule has 8 aromatic carbocycles. The Balaban J connectivity index is 0.935. The van der Waals surface area contributed by atoms with E-state index in [9.17, 15) is 8.22 Å². The van der Waals surface area contributed by atoms with E-state index in [1.165, 1.54) is 9.13 Å². The summed E-state index contributed by atoms with van der Waals surface area (Å²) in [6.07, 6.45) is 3.74. The monoisotopic (exact) mass is 909 g/mol. The second kappa shape index (κ2) is 15.4. The molecule has 0 unspecified atom stereocenters. The van der Waals surface area contributed by atoms with Crippen LogP contribution < -0.4 is 14.5 Å². The minimum absolute atomic E-state index is 0.206. The first kappa shape index (κ1) is 34.2. The summed E-state index contributed by atoms with van der Waals surface area (Å²) in [6, 6.07) is 63.4. The highest BCUT2D eigenvalue weighted by Gasteiger charge is 2.34. The topological polar surface area (TPSA) is 56.3 Å². The van der Waals surface area contributed by atoms with Crippen molar-refractivity contribution in [2.45, 2.75) is 6.92 Å². The number of hydrogen-bond donors (Lipinski definition) is 0. The number of nitrogens with zero attached hydrogens (tertiary/aromatic N) is 7.